The second-order valence-corrected chi connectivity index (χ2v) is 11.8. The Morgan fingerprint density at radius 3 is 2.57 bits per heavy atom. The van der Waals surface area contributed by atoms with E-state index in [1.54, 1.807) is 12.4 Å². The molecule has 0 saturated carbocycles. The molecule has 5 rings (SSSR count). The van der Waals surface area contributed by atoms with Crippen LogP contribution in [0.1, 0.15) is 56.6 Å². The van der Waals surface area contributed by atoms with Crippen LogP contribution in [0.3, 0.4) is 0 Å². The lowest BCUT2D eigenvalue weighted by atomic mass is 9.77. The number of H-pyrrole nitrogens is 1. The summed E-state index contributed by atoms with van der Waals surface area (Å²) in [5, 5.41) is 12.7. The van der Waals surface area contributed by atoms with Gasteiger partial charge in [-0.3, -0.25) is 19.8 Å². The summed E-state index contributed by atoms with van der Waals surface area (Å²) >= 11 is 1.49. The molecule has 1 amide bonds. The van der Waals surface area contributed by atoms with E-state index < -0.39 is 0 Å². The van der Waals surface area contributed by atoms with Gasteiger partial charge in [0.25, 0.3) is 5.91 Å². The molecule has 4 heterocycles. The zero-order valence-corrected chi connectivity index (χ0v) is 22.0. The molecule has 0 unspecified atom stereocenters. The number of carbonyl (C=O) groups excluding carboxylic acids is 1. The summed E-state index contributed by atoms with van der Waals surface area (Å²) in [6.45, 7) is 11.0. The summed E-state index contributed by atoms with van der Waals surface area (Å²) in [6.07, 6.45) is 5.27. The third-order valence-corrected chi connectivity index (χ3v) is 8.53. The Hall–Kier alpha value is -3.10. The molecular weight excluding hydrogens is 456 g/mol. The SMILES string of the molecule is Cc1cccc2c(-c3nc(C(=O)NC4CC(C)(C)N(C)C(C)(C)C4)c(-c4cccnc4)s3)[nH]nc12. The van der Waals surface area contributed by atoms with Crippen LogP contribution in [0.15, 0.2) is 42.7 Å². The van der Waals surface area contributed by atoms with E-state index in [9.17, 15) is 4.79 Å². The molecule has 7 nitrogen and oxygen atoms in total. The molecule has 3 aromatic heterocycles. The fourth-order valence-electron chi connectivity index (χ4n) is 5.35. The number of piperidine rings is 1. The molecule has 0 spiro atoms. The highest BCUT2D eigenvalue weighted by molar-refractivity contribution is 7.18. The molecule has 8 heteroatoms. The van der Waals surface area contributed by atoms with Crippen molar-refractivity contribution in [3.05, 3.63) is 54.0 Å². The summed E-state index contributed by atoms with van der Waals surface area (Å²) in [6, 6.07) is 10.0. The number of aromatic nitrogens is 4. The number of amides is 1. The lowest BCUT2D eigenvalue weighted by Crippen LogP contribution is -2.62. The molecule has 4 aromatic rings. The molecule has 0 bridgehead atoms. The smallest absolute Gasteiger partial charge is 0.271 e. The first-order valence-corrected chi connectivity index (χ1v) is 12.8. The molecule has 1 aliphatic heterocycles. The zero-order valence-electron chi connectivity index (χ0n) is 21.1. The molecule has 1 aliphatic rings. The molecule has 35 heavy (non-hydrogen) atoms. The molecule has 2 N–H and O–H groups in total. The van der Waals surface area contributed by atoms with Crippen LogP contribution >= 0.6 is 11.3 Å². The van der Waals surface area contributed by atoms with E-state index in [4.69, 9.17) is 4.98 Å². The Labute approximate surface area is 210 Å². The van der Waals surface area contributed by atoms with Crippen LogP contribution in [0, 0.1) is 6.92 Å². The van der Waals surface area contributed by atoms with Gasteiger partial charge in [0.15, 0.2) is 0 Å². The number of para-hydroxylation sites is 1. The summed E-state index contributed by atoms with van der Waals surface area (Å²) in [5.74, 6) is -0.146. The molecule has 0 radical (unpaired) electrons. The summed E-state index contributed by atoms with van der Waals surface area (Å²) in [7, 11) is 2.17. The van der Waals surface area contributed by atoms with Gasteiger partial charge < -0.3 is 5.32 Å². The molecule has 0 atom stereocenters. The van der Waals surface area contributed by atoms with Crippen molar-refractivity contribution < 1.29 is 4.79 Å². The minimum absolute atomic E-state index is 0.0220. The highest BCUT2D eigenvalue weighted by Crippen LogP contribution is 2.39. The zero-order chi connectivity index (χ0) is 25.0. The van der Waals surface area contributed by atoms with Crippen molar-refractivity contribution in [2.75, 3.05) is 7.05 Å². The standard InChI is InChI=1S/C27H32N6OS/c1-16-9-7-11-19-20(16)31-32-21(19)25-30-22(23(35-25)17-10-8-12-28-15-17)24(34)29-18-13-26(2,3)33(6)27(4,5)14-18/h7-12,15,18H,13-14H2,1-6H3,(H,29,34)(H,31,32). The number of pyridine rings is 1. The maximum Gasteiger partial charge on any atom is 0.271 e. The van der Waals surface area contributed by atoms with Crippen LogP contribution in [0.2, 0.25) is 0 Å². The molecule has 1 fully saturated rings. The highest BCUT2D eigenvalue weighted by atomic mass is 32.1. The average molecular weight is 489 g/mol. The first kappa shape index (κ1) is 23.6. The van der Waals surface area contributed by atoms with E-state index in [2.05, 4.69) is 60.1 Å². The van der Waals surface area contributed by atoms with Crippen LogP contribution in [0.4, 0.5) is 0 Å². The first-order chi connectivity index (χ1) is 16.6. The van der Waals surface area contributed by atoms with Gasteiger partial charge in [0.2, 0.25) is 0 Å². The quantitative estimate of drug-likeness (QED) is 0.400. The van der Waals surface area contributed by atoms with Crippen molar-refractivity contribution in [3.63, 3.8) is 0 Å². The maximum absolute atomic E-state index is 13.7. The summed E-state index contributed by atoms with van der Waals surface area (Å²) in [5.41, 5.74) is 4.12. The van der Waals surface area contributed by atoms with Gasteiger partial charge >= 0.3 is 0 Å². The van der Waals surface area contributed by atoms with E-state index in [0.29, 0.717) is 5.69 Å². The summed E-state index contributed by atoms with van der Waals surface area (Å²) < 4.78 is 0. The molecule has 1 aromatic carbocycles. The second-order valence-electron chi connectivity index (χ2n) is 10.8. The molecule has 1 saturated heterocycles. The fraction of sp³-hybridized carbons (Fsp3) is 0.407. The number of carbonyl (C=O) groups is 1. The number of nitrogens with one attached hydrogen (secondary N) is 2. The van der Waals surface area contributed by atoms with Crippen molar-refractivity contribution in [2.24, 2.45) is 0 Å². The number of aryl methyl sites for hydroxylation is 1. The third-order valence-electron chi connectivity index (χ3n) is 7.41. The first-order valence-electron chi connectivity index (χ1n) is 12.0. The largest absolute Gasteiger partial charge is 0.348 e. The minimum Gasteiger partial charge on any atom is -0.348 e. The van der Waals surface area contributed by atoms with Crippen LogP contribution in [-0.4, -0.2) is 55.1 Å². The van der Waals surface area contributed by atoms with Gasteiger partial charge in [-0.1, -0.05) is 24.3 Å². The Morgan fingerprint density at radius 1 is 1.14 bits per heavy atom. The van der Waals surface area contributed by atoms with Gasteiger partial charge in [-0.2, -0.15) is 5.10 Å². The van der Waals surface area contributed by atoms with E-state index in [1.807, 2.05) is 37.3 Å². The van der Waals surface area contributed by atoms with Crippen LogP contribution in [0.25, 0.3) is 32.0 Å². The van der Waals surface area contributed by atoms with Crippen molar-refractivity contribution in [3.8, 4) is 21.1 Å². The van der Waals surface area contributed by atoms with Gasteiger partial charge in [-0.15, -0.1) is 11.3 Å². The number of fused-ring (bicyclic) bond motifs is 1. The lowest BCUT2D eigenvalue weighted by Gasteiger charge is -2.53. The number of aromatic amines is 1. The van der Waals surface area contributed by atoms with E-state index in [1.165, 1.54) is 11.3 Å². The van der Waals surface area contributed by atoms with Crippen molar-refractivity contribution in [2.45, 2.75) is 64.6 Å². The van der Waals surface area contributed by atoms with Crippen LogP contribution in [0.5, 0.6) is 0 Å². The summed E-state index contributed by atoms with van der Waals surface area (Å²) in [4.78, 5) is 26.0. The maximum atomic E-state index is 13.7. The predicted molar refractivity (Wildman–Crippen MR) is 142 cm³/mol. The molecular formula is C27H32N6OS. The number of rotatable bonds is 4. The van der Waals surface area contributed by atoms with Crippen molar-refractivity contribution in [1.29, 1.82) is 0 Å². The average Bonchev–Trinajstić information content (AvgIpc) is 3.43. The predicted octanol–water partition coefficient (Wildman–Crippen LogP) is 5.44. The minimum atomic E-state index is -0.146. The van der Waals surface area contributed by atoms with Gasteiger partial charge in [0, 0.05) is 40.5 Å². The number of nitrogens with zero attached hydrogens (tertiary/aromatic N) is 4. The number of benzene rings is 1. The van der Waals surface area contributed by atoms with Crippen LogP contribution < -0.4 is 5.32 Å². The van der Waals surface area contributed by atoms with Crippen molar-refractivity contribution >= 4 is 28.1 Å². The Bertz CT molecular complexity index is 1370. The van der Waals surface area contributed by atoms with Crippen LogP contribution in [-0.2, 0) is 0 Å². The normalized spacial score (nSPS) is 18.1. The lowest BCUT2D eigenvalue weighted by molar-refractivity contribution is -0.0169. The monoisotopic (exact) mass is 488 g/mol. The third kappa shape index (κ3) is 4.25. The topological polar surface area (TPSA) is 86.8 Å². The highest BCUT2D eigenvalue weighted by Gasteiger charge is 2.43. The Morgan fingerprint density at radius 2 is 1.89 bits per heavy atom. The Balaban J connectivity index is 1.53. The number of thiazole rings is 1. The van der Waals surface area contributed by atoms with Crippen molar-refractivity contribution in [1.82, 2.24) is 30.4 Å². The van der Waals surface area contributed by atoms with E-state index in [-0.39, 0.29) is 23.0 Å². The number of hydrogen-bond acceptors (Lipinski definition) is 6. The second kappa shape index (κ2) is 8.53. The number of hydrogen-bond donors (Lipinski definition) is 2. The van der Waals surface area contributed by atoms with E-state index >= 15 is 0 Å². The molecule has 0 aliphatic carbocycles. The van der Waals surface area contributed by atoms with Gasteiger partial charge in [0.05, 0.1) is 10.4 Å². The van der Waals surface area contributed by atoms with Gasteiger partial charge in [-0.25, -0.2) is 4.98 Å². The fourth-order valence-corrected chi connectivity index (χ4v) is 6.41. The van der Waals surface area contributed by atoms with E-state index in [0.717, 1.165) is 50.5 Å². The van der Waals surface area contributed by atoms with Gasteiger partial charge in [0.1, 0.15) is 16.4 Å². The number of likely N-dealkylation sites (tertiary alicyclic amines) is 1. The molecule has 182 valence electrons. The Kier molecular flexibility index (Phi) is 5.76. The van der Waals surface area contributed by atoms with Gasteiger partial charge in [-0.05, 0) is 66.1 Å².